The lowest BCUT2D eigenvalue weighted by Crippen LogP contribution is -2.06. The first-order valence-electron chi connectivity index (χ1n) is 6.18. The van der Waals surface area contributed by atoms with Crippen LogP contribution in [-0.4, -0.2) is 23.8 Å². The molecule has 0 unspecified atom stereocenters. The largest absolute Gasteiger partial charge is 0.464 e. The molecule has 0 aliphatic carbocycles. The van der Waals surface area contributed by atoms with Crippen molar-refractivity contribution in [1.82, 2.24) is 4.98 Å². The molecule has 21 heavy (non-hydrogen) atoms. The Bertz CT molecular complexity index is 846. The number of hydrogen-bond acceptors (Lipinski definition) is 6. The van der Waals surface area contributed by atoms with E-state index in [4.69, 9.17) is 4.42 Å². The zero-order valence-electron chi connectivity index (χ0n) is 11.4. The van der Waals surface area contributed by atoms with Crippen LogP contribution in [0.1, 0.15) is 27.1 Å². The second kappa shape index (κ2) is 5.14. The highest BCUT2D eigenvalue weighted by molar-refractivity contribution is 7.17. The van der Waals surface area contributed by atoms with E-state index >= 15 is 0 Å². The number of carbonyl (C=O) groups excluding carboxylic acids is 2. The van der Waals surface area contributed by atoms with Gasteiger partial charge >= 0.3 is 5.97 Å². The van der Waals surface area contributed by atoms with Crippen LogP contribution >= 0.6 is 11.3 Å². The summed E-state index contributed by atoms with van der Waals surface area (Å²) in [4.78, 5) is 28.0. The number of esters is 1. The van der Waals surface area contributed by atoms with Crippen LogP contribution < -0.4 is 0 Å². The molecular weight excluding hydrogens is 290 g/mol. The van der Waals surface area contributed by atoms with Crippen LogP contribution in [0, 0.1) is 0 Å². The predicted molar refractivity (Wildman–Crippen MR) is 78.7 cm³/mol. The van der Waals surface area contributed by atoms with Gasteiger partial charge in [0.15, 0.2) is 11.5 Å². The Kier molecular flexibility index (Phi) is 3.31. The van der Waals surface area contributed by atoms with E-state index in [2.05, 4.69) is 9.72 Å². The molecule has 106 valence electrons. The molecule has 2 heterocycles. The van der Waals surface area contributed by atoms with Crippen molar-refractivity contribution in [3.8, 4) is 10.6 Å². The number of fused-ring (bicyclic) bond motifs is 1. The molecule has 2 aromatic heterocycles. The van der Waals surface area contributed by atoms with Crippen molar-refractivity contribution in [2.45, 2.75) is 6.92 Å². The molecule has 0 aliphatic rings. The Hall–Kier alpha value is -2.47. The summed E-state index contributed by atoms with van der Waals surface area (Å²) >= 11 is 1.16. The van der Waals surface area contributed by atoms with Gasteiger partial charge in [-0.3, -0.25) is 4.79 Å². The van der Waals surface area contributed by atoms with Gasteiger partial charge in [-0.25, -0.2) is 9.78 Å². The first-order valence-corrected chi connectivity index (χ1v) is 7.00. The van der Waals surface area contributed by atoms with Gasteiger partial charge in [0.05, 0.1) is 12.7 Å². The normalized spacial score (nSPS) is 10.8. The molecule has 0 spiro atoms. The van der Waals surface area contributed by atoms with Crippen molar-refractivity contribution in [1.29, 1.82) is 0 Å². The number of ether oxygens (including phenoxy) is 1. The molecule has 3 aromatic rings. The molecule has 0 radical (unpaired) electrons. The third kappa shape index (κ3) is 2.23. The van der Waals surface area contributed by atoms with Gasteiger partial charge in [0, 0.05) is 12.3 Å². The average Bonchev–Trinajstić information content (AvgIpc) is 3.10. The van der Waals surface area contributed by atoms with Crippen molar-refractivity contribution in [3.05, 3.63) is 41.1 Å². The van der Waals surface area contributed by atoms with Crippen molar-refractivity contribution in [2.24, 2.45) is 0 Å². The summed E-state index contributed by atoms with van der Waals surface area (Å²) in [6.45, 7) is 1.40. The number of rotatable bonds is 3. The standard InChI is InChI=1S/C15H11NO4S/c1-8(17)13-12(15(18)19-2)16-14(21-13)10-7-20-11-6-4-3-5-9(10)11/h3-7H,1-2H3. The maximum Gasteiger partial charge on any atom is 0.358 e. The van der Waals surface area contributed by atoms with E-state index in [0.29, 0.717) is 9.88 Å². The van der Waals surface area contributed by atoms with E-state index in [-0.39, 0.29) is 11.5 Å². The highest BCUT2D eigenvalue weighted by Crippen LogP contribution is 2.35. The monoisotopic (exact) mass is 301 g/mol. The fourth-order valence-electron chi connectivity index (χ4n) is 2.05. The second-order valence-corrected chi connectivity index (χ2v) is 5.39. The molecule has 6 heteroatoms. The summed E-state index contributed by atoms with van der Waals surface area (Å²) in [7, 11) is 1.26. The maximum absolute atomic E-state index is 11.7. The molecule has 0 atom stereocenters. The van der Waals surface area contributed by atoms with Gasteiger partial charge < -0.3 is 9.15 Å². The predicted octanol–water partition coefficient (Wildman–Crippen LogP) is 3.55. The van der Waals surface area contributed by atoms with Crippen LogP contribution in [0.2, 0.25) is 0 Å². The first-order chi connectivity index (χ1) is 10.1. The molecule has 0 saturated carbocycles. The minimum absolute atomic E-state index is 0.0512. The molecule has 0 fully saturated rings. The second-order valence-electron chi connectivity index (χ2n) is 4.39. The van der Waals surface area contributed by atoms with Gasteiger partial charge in [0.1, 0.15) is 21.7 Å². The van der Waals surface area contributed by atoms with E-state index in [0.717, 1.165) is 27.9 Å². The lowest BCUT2D eigenvalue weighted by atomic mass is 10.2. The summed E-state index contributed by atoms with van der Waals surface area (Å²) in [6.07, 6.45) is 1.58. The summed E-state index contributed by atoms with van der Waals surface area (Å²) in [6, 6.07) is 7.51. The molecule has 0 bridgehead atoms. The first kappa shape index (κ1) is 13.5. The van der Waals surface area contributed by atoms with Crippen LogP contribution in [0.3, 0.4) is 0 Å². The third-order valence-corrected chi connectivity index (χ3v) is 4.23. The molecule has 3 rings (SSSR count). The van der Waals surface area contributed by atoms with Crippen molar-refractivity contribution >= 4 is 34.1 Å². The van der Waals surface area contributed by atoms with E-state index in [1.54, 1.807) is 6.26 Å². The lowest BCUT2D eigenvalue weighted by Gasteiger charge is -1.95. The Balaban J connectivity index is 2.19. The quantitative estimate of drug-likeness (QED) is 0.546. The summed E-state index contributed by atoms with van der Waals surface area (Å²) in [5.41, 5.74) is 1.54. The van der Waals surface area contributed by atoms with Gasteiger partial charge in [0.2, 0.25) is 0 Å². The summed E-state index contributed by atoms with van der Waals surface area (Å²) in [5.74, 6) is -0.831. The van der Waals surface area contributed by atoms with Gasteiger partial charge in [-0.1, -0.05) is 18.2 Å². The Morgan fingerprint density at radius 2 is 2.05 bits per heavy atom. The average molecular weight is 301 g/mol. The van der Waals surface area contributed by atoms with Crippen molar-refractivity contribution in [2.75, 3.05) is 7.11 Å². The zero-order valence-corrected chi connectivity index (χ0v) is 12.2. The van der Waals surface area contributed by atoms with E-state index in [1.165, 1.54) is 14.0 Å². The van der Waals surface area contributed by atoms with Gasteiger partial charge in [0.25, 0.3) is 0 Å². The molecule has 0 aliphatic heterocycles. The number of methoxy groups -OCH3 is 1. The Labute approximate surface area is 124 Å². The number of ketones is 1. The molecule has 0 saturated heterocycles. The number of hydrogen-bond donors (Lipinski definition) is 0. The van der Waals surface area contributed by atoms with Gasteiger partial charge in [-0.05, 0) is 6.07 Å². The van der Waals surface area contributed by atoms with Crippen LogP contribution in [-0.2, 0) is 4.74 Å². The smallest absolute Gasteiger partial charge is 0.358 e. The Morgan fingerprint density at radius 3 is 2.76 bits per heavy atom. The van der Waals surface area contributed by atoms with E-state index in [1.807, 2.05) is 24.3 Å². The number of para-hydroxylation sites is 1. The van der Waals surface area contributed by atoms with Gasteiger partial charge in [-0.15, -0.1) is 11.3 Å². The number of Topliss-reactive ketones (excluding diaryl/α,β-unsaturated/α-hetero) is 1. The fraction of sp³-hybridized carbons (Fsp3) is 0.133. The maximum atomic E-state index is 11.7. The van der Waals surface area contributed by atoms with Crippen molar-refractivity contribution < 1.29 is 18.7 Å². The number of benzene rings is 1. The van der Waals surface area contributed by atoms with E-state index < -0.39 is 5.97 Å². The molecular formula is C15H11NO4S. The van der Waals surface area contributed by atoms with Crippen molar-refractivity contribution in [3.63, 3.8) is 0 Å². The number of furan rings is 1. The minimum atomic E-state index is -0.615. The minimum Gasteiger partial charge on any atom is -0.464 e. The summed E-state index contributed by atoms with van der Waals surface area (Å²) in [5, 5.41) is 1.45. The molecule has 0 amide bonds. The van der Waals surface area contributed by atoms with Gasteiger partial charge in [-0.2, -0.15) is 0 Å². The Morgan fingerprint density at radius 1 is 1.29 bits per heavy atom. The molecule has 0 N–H and O–H groups in total. The topological polar surface area (TPSA) is 69.4 Å². The summed E-state index contributed by atoms with van der Waals surface area (Å²) < 4.78 is 10.1. The highest BCUT2D eigenvalue weighted by Gasteiger charge is 2.23. The van der Waals surface area contributed by atoms with Crippen LogP contribution in [0.4, 0.5) is 0 Å². The van der Waals surface area contributed by atoms with Crippen LogP contribution in [0.25, 0.3) is 21.5 Å². The van der Waals surface area contributed by atoms with Crippen LogP contribution in [0.5, 0.6) is 0 Å². The lowest BCUT2D eigenvalue weighted by molar-refractivity contribution is 0.0591. The third-order valence-electron chi connectivity index (χ3n) is 3.04. The SMILES string of the molecule is COC(=O)c1nc(-c2coc3ccccc23)sc1C(C)=O. The molecule has 1 aromatic carbocycles. The molecule has 5 nitrogen and oxygen atoms in total. The van der Waals surface area contributed by atoms with Crippen LogP contribution in [0.15, 0.2) is 34.9 Å². The number of nitrogens with zero attached hydrogens (tertiary/aromatic N) is 1. The highest BCUT2D eigenvalue weighted by atomic mass is 32.1. The number of carbonyl (C=O) groups is 2. The zero-order chi connectivity index (χ0) is 15.0. The van der Waals surface area contributed by atoms with E-state index in [9.17, 15) is 9.59 Å². The fourth-order valence-corrected chi connectivity index (χ4v) is 3.02. The number of aromatic nitrogens is 1. The number of thiazole rings is 1.